The number of pyridine rings is 1. The summed E-state index contributed by atoms with van der Waals surface area (Å²) in [7, 11) is 0. The van der Waals surface area contributed by atoms with Gasteiger partial charge in [0.1, 0.15) is 5.65 Å². The molecule has 2 rings (SSSR count). The van der Waals surface area contributed by atoms with Crippen molar-refractivity contribution in [1.82, 2.24) is 9.38 Å². The van der Waals surface area contributed by atoms with E-state index in [0.29, 0.717) is 4.40 Å². The molecule has 0 atom stereocenters. The third kappa shape index (κ3) is 1.94. The Balaban J connectivity index is 2.84. The van der Waals surface area contributed by atoms with Crippen LogP contribution in [0.4, 0.5) is 26.3 Å². The highest BCUT2D eigenvalue weighted by atomic mass is 19.4. The highest BCUT2D eigenvalue weighted by Gasteiger charge is 2.47. The minimum atomic E-state index is -5.14. The Morgan fingerprint density at radius 1 is 0.941 bits per heavy atom. The standard InChI is InChI=1S/C9H4F6N2/c10-8(11,12)6-7(9(13,14)15)17-4-2-1-3-5(17)16-6/h1-4H. The average molecular weight is 254 g/mol. The molecule has 0 bridgehead atoms. The van der Waals surface area contributed by atoms with Gasteiger partial charge in [-0.2, -0.15) is 26.3 Å². The first-order chi connectivity index (χ1) is 7.71. The predicted octanol–water partition coefficient (Wildman–Crippen LogP) is 3.37. The number of hydrogen-bond acceptors (Lipinski definition) is 1. The monoisotopic (exact) mass is 254 g/mol. The molecular formula is C9H4F6N2. The number of hydrogen-bond donors (Lipinski definition) is 0. The Morgan fingerprint density at radius 3 is 2.12 bits per heavy atom. The van der Waals surface area contributed by atoms with E-state index < -0.39 is 29.4 Å². The van der Waals surface area contributed by atoms with Gasteiger partial charge in [-0.05, 0) is 12.1 Å². The van der Waals surface area contributed by atoms with Crippen molar-refractivity contribution in [1.29, 1.82) is 0 Å². The van der Waals surface area contributed by atoms with Gasteiger partial charge in [-0.15, -0.1) is 0 Å². The van der Waals surface area contributed by atoms with Gasteiger partial charge in [0, 0.05) is 6.20 Å². The van der Waals surface area contributed by atoms with Gasteiger partial charge in [0.05, 0.1) is 0 Å². The van der Waals surface area contributed by atoms with Crippen LogP contribution in [0.5, 0.6) is 0 Å². The van der Waals surface area contributed by atoms with Gasteiger partial charge in [0.25, 0.3) is 0 Å². The van der Waals surface area contributed by atoms with E-state index in [1.807, 2.05) is 0 Å². The Bertz CT molecular complexity index is 551. The molecule has 2 nitrogen and oxygen atoms in total. The van der Waals surface area contributed by atoms with E-state index in [9.17, 15) is 26.3 Å². The molecule has 0 saturated heterocycles. The van der Waals surface area contributed by atoms with Crippen molar-refractivity contribution in [3.8, 4) is 0 Å². The molecule has 0 aliphatic carbocycles. The van der Waals surface area contributed by atoms with Gasteiger partial charge < -0.3 is 0 Å². The second-order valence-electron chi connectivity index (χ2n) is 3.23. The first kappa shape index (κ1) is 11.7. The van der Waals surface area contributed by atoms with E-state index in [1.54, 1.807) is 0 Å². The molecule has 17 heavy (non-hydrogen) atoms. The Morgan fingerprint density at radius 2 is 1.59 bits per heavy atom. The number of rotatable bonds is 0. The fourth-order valence-corrected chi connectivity index (χ4v) is 1.46. The van der Waals surface area contributed by atoms with Crippen LogP contribution < -0.4 is 0 Å². The van der Waals surface area contributed by atoms with Crippen molar-refractivity contribution in [2.45, 2.75) is 12.4 Å². The summed E-state index contributed by atoms with van der Waals surface area (Å²) in [6.45, 7) is 0. The maximum atomic E-state index is 12.6. The van der Waals surface area contributed by atoms with Gasteiger partial charge in [-0.25, -0.2) is 4.98 Å². The first-order valence-corrected chi connectivity index (χ1v) is 4.33. The molecule has 0 fully saturated rings. The molecule has 0 aromatic carbocycles. The fourth-order valence-electron chi connectivity index (χ4n) is 1.46. The summed E-state index contributed by atoms with van der Waals surface area (Å²) in [5, 5.41) is 0. The first-order valence-electron chi connectivity index (χ1n) is 4.33. The molecule has 0 aliphatic rings. The van der Waals surface area contributed by atoms with Gasteiger partial charge in [0.2, 0.25) is 0 Å². The fraction of sp³-hybridized carbons (Fsp3) is 0.222. The van der Waals surface area contributed by atoms with Crippen molar-refractivity contribution in [3.05, 3.63) is 35.8 Å². The van der Waals surface area contributed by atoms with Crippen LogP contribution in [0.15, 0.2) is 24.4 Å². The Kier molecular flexibility index (Phi) is 2.33. The van der Waals surface area contributed by atoms with Crippen LogP contribution in [0.25, 0.3) is 5.65 Å². The Labute approximate surface area is 90.5 Å². The molecule has 0 saturated carbocycles. The number of alkyl halides is 6. The van der Waals surface area contributed by atoms with Crippen LogP contribution in [-0.4, -0.2) is 9.38 Å². The van der Waals surface area contributed by atoms with E-state index in [1.165, 1.54) is 12.1 Å². The molecular weight excluding hydrogens is 250 g/mol. The van der Waals surface area contributed by atoms with Crippen LogP contribution in [0, 0.1) is 0 Å². The maximum Gasteiger partial charge on any atom is 0.435 e. The minimum Gasteiger partial charge on any atom is -0.295 e. The highest BCUT2D eigenvalue weighted by molar-refractivity contribution is 5.44. The molecule has 0 radical (unpaired) electrons. The Hall–Kier alpha value is -1.73. The molecule has 2 aromatic heterocycles. The minimum absolute atomic E-state index is 0.378. The normalized spacial score (nSPS) is 13.3. The summed E-state index contributed by atoms with van der Waals surface area (Å²) in [6, 6.07) is 3.58. The van der Waals surface area contributed by atoms with Crippen LogP contribution in [0.3, 0.4) is 0 Å². The zero-order chi connectivity index (χ0) is 12.8. The summed E-state index contributed by atoms with van der Waals surface area (Å²) in [4.78, 5) is 2.97. The number of fused-ring (bicyclic) bond motifs is 1. The van der Waals surface area contributed by atoms with Gasteiger partial charge in [-0.3, -0.25) is 4.40 Å². The molecule has 0 spiro atoms. The van der Waals surface area contributed by atoms with Crippen LogP contribution >= 0.6 is 0 Å². The lowest BCUT2D eigenvalue weighted by atomic mass is 10.3. The summed E-state index contributed by atoms with van der Waals surface area (Å²) in [5.74, 6) is 0. The summed E-state index contributed by atoms with van der Waals surface area (Å²) >= 11 is 0. The van der Waals surface area contributed by atoms with Crippen LogP contribution in [0.2, 0.25) is 0 Å². The zero-order valence-electron chi connectivity index (χ0n) is 7.97. The number of imidazole rings is 1. The van der Waals surface area contributed by atoms with E-state index >= 15 is 0 Å². The van der Waals surface area contributed by atoms with Gasteiger partial charge in [0.15, 0.2) is 11.4 Å². The molecule has 0 aliphatic heterocycles. The second-order valence-corrected chi connectivity index (χ2v) is 3.23. The lowest BCUT2D eigenvalue weighted by Gasteiger charge is -2.10. The zero-order valence-corrected chi connectivity index (χ0v) is 7.97. The average Bonchev–Trinajstić information content (AvgIpc) is 2.54. The van der Waals surface area contributed by atoms with Crippen LogP contribution in [0.1, 0.15) is 11.4 Å². The molecule has 92 valence electrons. The SMILES string of the molecule is FC(F)(F)c1nc2ccccn2c1C(F)(F)F. The molecule has 2 aromatic rings. The van der Waals surface area contributed by atoms with Crippen molar-refractivity contribution in [2.24, 2.45) is 0 Å². The lowest BCUT2D eigenvalue weighted by Crippen LogP contribution is -2.17. The van der Waals surface area contributed by atoms with E-state index in [2.05, 4.69) is 4.98 Å². The summed E-state index contributed by atoms with van der Waals surface area (Å²) in [6.07, 6.45) is -9.37. The molecule has 0 N–H and O–H groups in total. The molecule has 0 amide bonds. The second kappa shape index (κ2) is 3.38. The molecule has 8 heteroatoms. The van der Waals surface area contributed by atoms with Gasteiger partial charge in [-0.1, -0.05) is 6.07 Å². The van der Waals surface area contributed by atoms with Crippen molar-refractivity contribution in [2.75, 3.05) is 0 Å². The predicted molar refractivity (Wildman–Crippen MR) is 45.2 cm³/mol. The smallest absolute Gasteiger partial charge is 0.295 e. The molecule has 0 unspecified atom stereocenters. The highest BCUT2D eigenvalue weighted by Crippen LogP contribution is 2.40. The van der Waals surface area contributed by atoms with Crippen LogP contribution in [-0.2, 0) is 12.4 Å². The maximum absolute atomic E-state index is 12.6. The number of nitrogens with zero attached hydrogens (tertiary/aromatic N) is 2. The van der Waals surface area contributed by atoms with E-state index in [4.69, 9.17) is 0 Å². The van der Waals surface area contributed by atoms with Gasteiger partial charge >= 0.3 is 12.4 Å². The van der Waals surface area contributed by atoms with Crippen molar-refractivity contribution >= 4 is 5.65 Å². The summed E-state index contributed by atoms with van der Waals surface area (Å²) in [5.41, 5.74) is -4.12. The largest absolute Gasteiger partial charge is 0.435 e. The topological polar surface area (TPSA) is 17.3 Å². The quantitative estimate of drug-likeness (QED) is 0.659. The van der Waals surface area contributed by atoms with E-state index in [-0.39, 0.29) is 0 Å². The number of halogens is 6. The van der Waals surface area contributed by atoms with Crippen molar-refractivity contribution in [3.63, 3.8) is 0 Å². The molecule has 2 heterocycles. The third-order valence-electron chi connectivity index (χ3n) is 2.07. The lowest BCUT2D eigenvalue weighted by molar-refractivity contribution is -0.166. The summed E-state index contributed by atoms with van der Waals surface area (Å²) < 4.78 is 75.4. The van der Waals surface area contributed by atoms with Crippen molar-refractivity contribution < 1.29 is 26.3 Å². The number of aromatic nitrogens is 2. The third-order valence-corrected chi connectivity index (χ3v) is 2.07. The van der Waals surface area contributed by atoms with E-state index in [0.717, 1.165) is 12.3 Å².